The van der Waals surface area contributed by atoms with Crippen molar-refractivity contribution in [2.45, 2.75) is 18.9 Å². The van der Waals surface area contributed by atoms with Gasteiger partial charge >= 0.3 is 0 Å². The van der Waals surface area contributed by atoms with Gasteiger partial charge in [0.15, 0.2) is 5.13 Å². The molecule has 0 spiro atoms. The zero-order chi connectivity index (χ0) is 15.5. The van der Waals surface area contributed by atoms with Gasteiger partial charge < -0.3 is 0 Å². The average molecular weight is 329 g/mol. The van der Waals surface area contributed by atoms with Gasteiger partial charge in [-0.2, -0.15) is 0 Å². The van der Waals surface area contributed by atoms with E-state index in [1.165, 1.54) is 11.3 Å². The maximum Gasteiger partial charge on any atom is 0.257 e. The Kier molecular flexibility index (Phi) is 4.40. The Labute approximate surface area is 137 Å². The lowest BCUT2D eigenvalue weighted by Crippen LogP contribution is -2.11. The molecule has 0 aliphatic carbocycles. The van der Waals surface area contributed by atoms with Crippen LogP contribution in [0.1, 0.15) is 22.8 Å². The number of amides is 1. The van der Waals surface area contributed by atoms with Gasteiger partial charge in [0.2, 0.25) is 0 Å². The Morgan fingerprint density at radius 2 is 2.23 bits per heavy atom. The molecule has 0 fully saturated rings. The zero-order valence-corrected chi connectivity index (χ0v) is 13.9. The van der Waals surface area contributed by atoms with Crippen LogP contribution in [-0.4, -0.2) is 21.6 Å². The van der Waals surface area contributed by atoms with Crippen LogP contribution in [0.25, 0.3) is 10.2 Å². The number of rotatable bonds is 4. The molecule has 112 valence electrons. The fourth-order valence-electron chi connectivity index (χ4n) is 2.09. The normalized spacial score (nSPS) is 10.8. The predicted octanol–water partition coefficient (Wildman–Crippen LogP) is 4.36. The number of carbonyl (C=O) groups excluding carboxylic acids is 1. The highest BCUT2D eigenvalue weighted by atomic mass is 32.2. The average Bonchev–Trinajstić information content (AvgIpc) is 2.92. The van der Waals surface area contributed by atoms with E-state index in [1.807, 2.05) is 31.2 Å². The van der Waals surface area contributed by atoms with Crippen LogP contribution in [0.2, 0.25) is 0 Å². The SMILES string of the molecule is CCSc1cc(C(=O)Nc2nc3c(C)cccc3s2)ccn1. The smallest absolute Gasteiger partial charge is 0.257 e. The predicted molar refractivity (Wildman–Crippen MR) is 92.9 cm³/mol. The molecule has 4 nitrogen and oxygen atoms in total. The lowest BCUT2D eigenvalue weighted by Gasteiger charge is -2.03. The lowest BCUT2D eigenvalue weighted by molar-refractivity contribution is 0.102. The van der Waals surface area contributed by atoms with Gasteiger partial charge in [-0.1, -0.05) is 30.4 Å². The highest BCUT2D eigenvalue weighted by molar-refractivity contribution is 7.99. The topological polar surface area (TPSA) is 54.9 Å². The van der Waals surface area contributed by atoms with Crippen LogP contribution in [0.15, 0.2) is 41.6 Å². The summed E-state index contributed by atoms with van der Waals surface area (Å²) in [7, 11) is 0. The number of hydrogen-bond donors (Lipinski definition) is 1. The van der Waals surface area contributed by atoms with E-state index in [0.717, 1.165) is 26.6 Å². The van der Waals surface area contributed by atoms with Crippen molar-refractivity contribution >= 4 is 44.4 Å². The van der Waals surface area contributed by atoms with Crippen molar-refractivity contribution in [2.24, 2.45) is 0 Å². The number of nitrogens with one attached hydrogen (secondary N) is 1. The van der Waals surface area contributed by atoms with Gasteiger partial charge in [-0.05, 0) is 36.4 Å². The Morgan fingerprint density at radius 1 is 1.36 bits per heavy atom. The molecule has 0 bridgehead atoms. The zero-order valence-electron chi connectivity index (χ0n) is 12.3. The Morgan fingerprint density at radius 3 is 3.00 bits per heavy atom. The molecule has 0 atom stereocenters. The fraction of sp³-hybridized carbons (Fsp3) is 0.188. The number of carbonyl (C=O) groups is 1. The fourth-order valence-corrected chi connectivity index (χ4v) is 3.67. The minimum absolute atomic E-state index is 0.155. The maximum atomic E-state index is 12.4. The first-order valence-corrected chi connectivity index (χ1v) is 8.74. The third-order valence-corrected chi connectivity index (χ3v) is 4.87. The van der Waals surface area contributed by atoms with E-state index in [4.69, 9.17) is 0 Å². The second-order valence-corrected chi connectivity index (χ2v) is 7.03. The minimum Gasteiger partial charge on any atom is -0.298 e. The Balaban J connectivity index is 1.83. The van der Waals surface area contributed by atoms with Gasteiger partial charge in [-0.3, -0.25) is 10.1 Å². The van der Waals surface area contributed by atoms with Crippen LogP contribution >= 0.6 is 23.1 Å². The van der Waals surface area contributed by atoms with E-state index >= 15 is 0 Å². The highest BCUT2D eigenvalue weighted by Crippen LogP contribution is 2.28. The van der Waals surface area contributed by atoms with Crippen LogP contribution in [0, 0.1) is 6.92 Å². The first-order chi connectivity index (χ1) is 10.7. The molecule has 1 aromatic carbocycles. The largest absolute Gasteiger partial charge is 0.298 e. The van der Waals surface area contributed by atoms with Crippen molar-refractivity contribution in [3.05, 3.63) is 47.7 Å². The summed E-state index contributed by atoms with van der Waals surface area (Å²) in [5, 5.41) is 4.35. The van der Waals surface area contributed by atoms with E-state index in [-0.39, 0.29) is 5.91 Å². The summed E-state index contributed by atoms with van der Waals surface area (Å²) in [6, 6.07) is 9.55. The lowest BCUT2D eigenvalue weighted by atomic mass is 10.2. The van der Waals surface area contributed by atoms with Gasteiger partial charge in [0.25, 0.3) is 5.91 Å². The number of benzene rings is 1. The number of fused-ring (bicyclic) bond motifs is 1. The van der Waals surface area contributed by atoms with Crippen molar-refractivity contribution in [1.29, 1.82) is 0 Å². The van der Waals surface area contributed by atoms with Crippen LogP contribution in [0.3, 0.4) is 0 Å². The summed E-state index contributed by atoms with van der Waals surface area (Å²) >= 11 is 3.10. The van der Waals surface area contributed by atoms with Crippen molar-refractivity contribution in [1.82, 2.24) is 9.97 Å². The minimum atomic E-state index is -0.155. The van der Waals surface area contributed by atoms with Gasteiger partial charge in [-0.15, -0.1) is 11.8 Å². The molecule has 2 heterocycles. The molecule has 22 heavy (non-hydrogen) atoms. The molecule has 0 saturated heterocycles. The van der Waals surface area contributed by atoms with E-state index in [0.29, 0.717) is 10.7 Å². The first-order valence-electron chi connectivity index (χ1n) is 6.93. The van der Waals surface area contributed by atoms with Gasteiger partial charge in [0.05, 0.1) is 15.2 Å². The molecule has 0 saturated carbocycles. The maximum absolute atomic E-state index is 12.4. The number of nitrogens with zero attached hydrogens (tertiary/aromatic N) is 2. The first kappa shape index (κ1) is 15.0. The molecule has 0 aliphatic rings. The van der Waals surface area contributed by atoms with E-state index in [2.05, 4.69) is 22.2 Å². The molecule has 3 rings (SSSR count). The third-order valence-electron chi connectivity index (χ3n) is 3.13. The van der Waals surface area contributed by atoms with Crippen LogP contribution in [0.5, 0.6) is 0 Å². The Bertz CT molecular complexity index is 829. The number of para-hydroxylation sites is 1. The van der Waals surface area contributed by atoms with Crippen molar-refractivity contribution in [3.63, 3.8) is 0 Å². The second-order valence-electron chi connectivity index (χ2n) is 4.71. The summed E-state index contributed by atoms with van der Waals surface area (Å²) in [5.74, 6) is 0.770. The van der Waals surface area contributed by atoms with Gasteiger partial charge in [-0.25, -0.2) is 9.97 Å². The molecule has 3 aromatic rings. The molecule has 0 aliphatic heterocycles. The number of aryl methyl sites for hydroxylation is 1. The summed E-state index contributed by atoms with van der Waals surface area (Å²) in [6.07, 6.45) is 1.66. The molecule has 1 N–H and O–H groups in total. The van der Waals surface area contributed by atoms with E-state index in [1.54, 1.807) is 24.0 Å². The summed E-state index contributed by atoms with van der Waals surface area (Å²) in [4.78, 5) is 21.1. The van der Waals surface area contributed by atoms with Crippen molar-refractivity contribution in [2.75, 3.05) is 11.1 Å². The quantitative estimate of drug-likeness (QED) is 0.722. The summed E-state index contributed by atoms with van der Waals surface area (Å²) in [5.41, 5.74) is 2.65. The van der Waals surface area contributed by atoms with E-state index < -0.39 is 0 Å². The number of aromatic nitrogens is 2. The standard InChI is InChI=1S/C16H15N3OS2/c1-3-21-13-9-11(7-8-17-13)15(20)19-16-18-14-10(2)5-4-6-12(14)22-16/h4-9H,3H2,1-2H3,(H,18,19,20). The van der Waals surface area contributed by atoms with Gasteiger partial charge in [0, 0.05) is 11.8 Å². The monoisotopic (exact) mass is 329 g/mol. The number of anilines is 1. The molecule has 0 unspecified atom stereocenters. The van der Waals surface area contributed by atoms with Gasteiger partial charge in [0.1, 0.15) is 0 Å². The molecular weight excluding hydrogens is 314 g/mol. The molecule has 1 amide bonds. The van der Waals surface area contributed by atoms with Crippen LogP contribution < -0.4 is 5.32 Å². The Hall–Kier alpha value is -1.92. The van der Waals surface area contributed by atoms with Crippen LogP contribution in [0.4, 0.5) is 5.13 Å². The molecular formula is C16H15N3OS2. The molecule has 2 aromatic heterocycles. The summed E-state index contributed by atoms with van der Waals surface area (Å²) < 4.78 is 1.08. The highest BCUT2D eigenvalue weighted by Gasteiger charge is 2.11. The number of thiazole rings is 1. The number of hydrogen-bond acceptors (Lipinski definition) is 5. The van der Waals surface area contributed by atoms with Crippen molar-refractivity contribution < 1.29 is 4.79 Å². The van der Waals surface area contributed by atoms with Crippen molar-refractivity contribution in [3.8, 4) is 0 Å². The molecule has 0 radical (unpaired) electrons. The van der Waals surface area contributed by atoms with Crippen LogP contribution in [-0.2, 0) is 0 Å². The number of pyridine rings is 1. The van der Waals surface area contributed by atoms with E-state index in [9.17, 15) is 4.79 Å². The third kappa shape index (κ3) is 3.13. The number of thioether (sulfide) groups is 1. The summed E-state index contributed by atoms with van der Waals surface area (Å²) in [6.45, 7) is 4.08. The molecule has 6 heteroatoms. The second kappa shape index (κ2) is 6.46.